The quantitative estimate of drug-likeness (QED) is 0.251. The van der Waals surface area contributed by atoms with Gasteiger partial charge in [0.2, 0.25) is 0 Å². The molecule has 4 aromatic rings. The van der Waals surface area contributed by atoms with E-state index < -0.39 is 17.7 Å². The van der Waals surface area contributed by atoms with Crippen molar-refractivity contribution in [3.05, 3.63) is 132 Å². The van der Waals surface area contributed by atoms with Gasteiger partial charge in [0.1, 0.15) is 0 Å². The highest BCUT2D eigenvalue weighted by Crippen LogP contribution is 2.31. The van der Waals surface area contributed by atoms with Crippen molar-refractivity contribution in [2.24, 2.45) is 0 Å². The standard InChI is InChI=1S/C18H15S.C10H7F3O2/c1-4-10-16(11-5-1)19(17-12-6-2-7-13-17)18-14-8-3-9-15-18;11-10(12,13)8-3-1-2-7(6-8)4-5-9(14)15/h1-15H;1-6H,(H,14,15)/q+1;/p-1/b;5-4+. The van der Waals surface area contributed by atoms with Gasteiger partial charge in [-0.15, -0.1) is 0 Å². The summed E-state index contributed by atoms with van der Waals surface area (Å²) in [6.45, 7) is 0. The van der Waals surface area contributed by atoms with Crippen LogP contribution in [0.4, 0.5) is 13.2 Å². The van der Waals surface area contributed by atoms with E-state index in [0.29, 0.717) is 6.08 Å². The van der Waals surface area contributed by atoms with Crippen molar-refractivity contribution >= 4 is 22.9 Å². The Morgan fingerprint density at radius 3 is 1.50 bits per heavy atom. The van der Waals surface area contributed by atoms with Crippen molar-refractivity contribution in [3.63, 3.8) is 0 Å². The van der Waals surface area contributed by atoms with Crippen LogP contribution in [0, 0.1) is 0 Å². The molecule has 2 nitrogen and oxygen atoms in total. The second kappa shape index (κ2) is 11.9. The number of hydrogen-bond acceptors (Lipinski definition) is 2. The first kappa shape index (κ1) is 24.9. The Bertz CT molecular complexity index is 1110. The second-order valence-electron chi connectivity index (χ2n) is 7.02. The lowest BCUT2D eigenvalue weighted by atomic mass is 10.1. The Labute approximate surface area is 199 Å². The number of carbonyl (C=O) groups is 1. The van der Waals surface area contributed by atoms with Crippen LogP contribution in [0.2, 0.25) is 0 Å². The van der Waals surface area contributed by atoms with Gasteiger partial charge in [0, 0.05) is 0 Å². The summed E-state index contributed by atoms with van der Waals surface area (Å²) in [6.07, 6.45) is -2.70. The van der Waals surface area contributed by atoms with Gasteiger partial charge in [-0.25, -0.2) is 0 Å². The molecule has 0 spiro atoms. The van der Waals surface area contributed by atoms with E-state index >= 15 is 0 Å². The largest absolute Gasteiger partial charge is 0.545 e. The summed E-state index contributed by atoms with van der Waals surface area (Å²) in [4.78, 5) is 14.1. The minimum atomic E-state index is -4.43. The first-order valence-electron chi connectivity index (χ1n) is 10.3. The molecule has 0 unspecified atom stereocenters. The first-order valence-corrected chi connectivity index (χ1v) is 11.5. The number of rotatable bonds is 5. The Morgan fingerprint density at radius 1 is 0.676 bits per heavy atom. The third-order valence-electron chi connectivity index (χ3n) is 4.56. The van der Waals surface area contributed by atoms with Gasteiger partial charge in [-0.1, -0.05) is 72.8 Å². The molecule has 0 saturated carbocycles. The third kappa shape index (κ3) is 7.39. The summed E-state index contributed by atoms with van der Waals surface area (Å²) in [5.41, 5.74) is -0.656. The van der Waals surface area contributed by atoms with Crippen molar-refractivity contribution in [2.45, 2.75) is 20.9 Å². The molecule has 0 amide bonds. The molecule has 6 heteroatoms. The van der Waals surface area contributed by atoms with Crippen LogP contribution in [0.3, 0.4) is 0 Å². The van der Waals surface area contributed by atoms with E-state index in [2.05, 4.69) is 91.0 Å². The molecule has 0 aromatic heterocycles. The molecule has 0 heterocycles. The van der Waals surface area contributed by atoms with Crippen molar-refractivity contribution in [1.29, 1.82) is 0 Å². The van der Waals surface area contributed by atoms with Gasteiger partial charge in [0.15, 0.2) is 14.7 Å². The summed E-state index contributed by atoms with van der Waals surface area (Å²) < 4.78 is 36.6. The predicted molar refractivity (Wildman–Crippen MR) is 127 cm³/mol. The van der Waals surface area contributed by atoms with Crippen LogP contribution in [0.1, 0.15) is 11.1 Å². The molecular weight excluding hydrogens is 457 g/mol. The summed E-state index contributed by atoms with van der Waals surface area (Å²) in [7, 11) is -0.0146. The highest BCUT2D eigenvalue weighted by molar-refractivity contribution is 7.97. The summed E-state index contributed by atoms with van der Waals surface area (Å²) in [5, 5.41) is 10.0. The average Bonchev–Trinajstić information content (AvgIpc) is 2.85. The van der Waals surface area contributed by atoms with Crippen LogP contribution < -0.4 is 5.11 Å². The van der Waals surface area contributed by atoms with Crippen LogP contribution in [-0.4, -0.2) is 5.97 Å². The Balaban J connectivity index is 0.000000197. The van der Waals surface area contributed by atoms with E-state index in [9.17, 15) is 23.1 Å². The molecule has 0 N–H and O–H groups in total. The molecule has 0 radical (unpaired) electrons. The number of carboxylic acid groups (broad SMARTS) is 1. The monoisotopic (exact) mass is 478 g/mol. The van der Waals surface area contributed by atoms with Gasteiger partial charge in [-0.05, 0) is 60.2 Å². The Kier molecular flexibility index (Phi) is 8.71. The van der Waals surface area contributed by atoms with E-state index in [1.54, 1.807) is 0 Å². The van der Waals surface area contributed by atoms with E-state index in [1.807, 2.05) is 0 Å². The van der Waals surface area contributed by atoms with Crippen LogP contribution in [0.25, 0.3) is 6.08 Å². The van der Waals surface area contributed by atoms with Crippen molar-refractivity contribution < 1.29 is 23.1 Å². The molecule has 0 aliphatic rings. The van der Waals surface area contributed by atoms with Crippen LogP contribution >= 0.6 is 0 Å². The normalized spacial score (nSPS) is 11.2. The first-order chi connectivity index (χ1) is 16.3. The SMILES string of the molecule is O=C([O-])/C=C/c1cccc(C(F)(F)F)c1.c1ccc([S+](c2ccccc2)c2ccccc2)cc1. The molecule has 0 fully saturated rings. The highest BCUT2D eigenvalue weighted by Gasteiger charge is 2.30. The molecule has 4 rings (SSSR count). The van der Waals surface area contributed by atoms with E-state index in [-0.39, 0.29) is 16.5 Å². The van der Waals surface area contributed by atoms with Gasteiger partial charge in [-0.3, -0.25) is 0 Å². The molecule has 0 aliphatic heterocycles. The fourth-order valence-electron chi connectivity index (χ4n) is 3.06. The van der Waals surface area contributed by atoms with Crippen LogP contribution in [0.15, 0.2) is 136 Å². The lowest BCUT2D eigenvalue weighted by Crippen LogP contribution is -2.18. The maximum atomic E-state index is 12.2. The predicted octanol–water partition coefficient (Wildman–Crippen LogP) is 6.25. The summed E-state index contributed by atoms with van der Waals surface area (Å²) in [6, 6.07) is 36.5. The van der Waals surface area contributed by atoms with Crippen molar-refractivity contribution in [3.8, 4) is 0 Å². The Hall–Kier alpha value is -3.77. The Morgan fingerprint density at radius 2 is 1.12 bits per heavy atom. The molecule has 4 aromatic carbocycles. The smallest absolute Gasteiger partial charge is 0.416 e. The number of carbonyl (C=O) groups excluding carboxylic acids is 1. The maximum absolute atomic E-state index is 12.2. The number of alkyl halides is 3. The zero-order valence-electron chi connectivity index (χ0n) is 18.0. The van der Waals surface area contributed by atoms with Gasteiger partial charge >= 0.3 is 6.18 Å². The number of halogens is 3. The number of carboxylic acids is 1. The van der Waals surface area contributed by atoms with Gasteiger partial charge < -0.3 is 9.90 Å². The van der Waals surface area contributed by atoms with Crippen LogP contribution in [-0.2, 0) is 21.9 Å². The fraction of sp³-hybridized carbons (Fsp3) is 0.0357. The lowest BCUT2D eigenvalue weighted by Gasteiger charge is -2.07. The van der Waals surface area contributed by atoms with E-state index in [0.717, 1.165) is 18.2 Å². The zero-order chi connectivity index (χ0) is 24.4. The zero-order valence-corrected chi connectivity index (χ0v) is 18.8. The minimum Gasteiger partial charge on any atom is -0.545 e. The highest BCUT2D eigenvalue weighted by atomic mass is 32.2. The summed E-state index contributed by atoms with van der Waals surface area (Å²) in [5.74, 6) is -1.45. The summed E-state index contributed by atoms with van der Waals surface area (Å²) >= 11 is 0. The maximum Gasteiger partial charge on any atom is 0.416 e. The van der Waals surface area contributed by atoms with Gasteiger partial charge in [0.25, 0.3) is 0 Å². The number of aliphatic carboxylic acids is 1. The molecule has 0 atom stereocenters. The molecular formula is C28H21F3O2S. The number of hydrogen-bond donors (Lipinski definition) is 0. The van der Waals surface area contributed by atoms with Crippen LogP contribution in [0.5, 0.6) is 0 Å². The fourth-order valence-corrected chi connectivity index (χ4v) is 5.17. The molecule has 172 valence electrons. The lowest BCUT2D eigenvalue weighted by molar-refractivity contribution is -0.297. The number of benzene rings is 4. The molecule has 0 bridgehead atoms. The van der Waals surface area contributed by atoms with Gasteiger partial charge in [0.05, 0.1) is 22.4 Å². The van der Waals surface area contributed by atoms with E-state index in [4.69, 9.17) is 0 Å². The molecule has 0 saturated heterocycles. The molecule has 34 heavy (non-hydrogen) atoms. The average molecular weight is 479 g/mol. The van der Waals surface area contributed by atoms with E-state index in [1.165, 1.54) is 26.8 Å². The van der Waals surface area contributed by atoms with Crippen molar-refractivity contribution in [2.75, 3.05) is 0 Å². The second-order valence-corrected chi connectivity index (χ2v) is 9.05. The molecule has 0 aliphatic carbocycles. The third-order valence-corrected chi connectivity index (χ3v) is 6.79. The van der Waals surface area contributed by atoms with Gasteiger partial charge in [-0.2, -0.15) is 13.2 Å². The minimum absolute atomic E-state index is 0.0146. The van der Waals surface area contributed by atoms with Crippen molar-refractivity contribution in [1.82, 2.24) is 0 Å². The topological polar surface area (TPSA) is 40.1 Å².